The summed E-state index contributed by atoms with van der Waals surface area (Å²) in [6.45, 7) is 3.87. The SMILES string of the molecule is CCN(C)CC=N. The molecule has 0 aromatic rings. The van der Waals surface area contributed by atoms with E-state index in [-0.39, 0.29) is 0 Å². The van der Waals surface area contributed by atoms with Gasteiger partial charge in [0.05, 0.1) is 0 Å². The van der Waals surface area contributed by atoms with E-state index in [1.165, 1.54) is 6.21 Å². The Kier molecular flexibility index (Phi) is 3.61. The predicted octanol–water partition coefficient (Wildman–Crippen LogP) is 0.588. The monoisotopic (exact) mass is 100 g/mol. The van der Waals surface area contributed by atoms with Crippen LogP contribution in [0.25, 0.3) is 0 Å². The van der Waals surface area contributed by atoms with Crippen molar-refractivity contribution in [3.63, 3.8) is 0 Å². The Morgan fingerprint density at radius 1 is 1.71 bits per heavy atom. The van der Waals surface area contributed by atoms with Crippen molar-refractivity contribution in [2.45, 2.75) is 6.92 Å². The number of nitrogens with one attached hydrogen (secondary N) is 1. The molecule has 0 aromatic heterocycles. The van der Waals surface area contributed by atoms with E-state index in [1.54, 1.807) is 0 Å². The molecule has 1 N–H and O–H groups in total. The van der Waals surface area contributed by atoms with E-state index in [4.69, 9.17) is 5.41 Å². The zero-order valence-electron chi connectivity index (χ0n) is 4.94. The topological polar surface area (TPSA) is 27.1 Å². The summed E-state index contributed by atoms with van der Waals surface area (Å²) in [4.78, 5) is 2.06. The summed E-state index contributed by atoms with van der Waals surface area (Å²) < 4.78 is 0. The summed E-state index contributed by atoms with van der Waals surface area (Å²) >= 11 is 0. The molecule has 0 fully saturated rings. The molecule has 0 saturated heterocycles. The Hall–Kier alpha value is -0.370. The fraction of sp³-hybridized carbons (Fsp3) is 0.800. The number of hydrogen-bond donors (Lipinski definition) is 1. The molecule has 2 heteroatoms. The molecule has 0 amide bonds. The van der Waals surface area contributed by atoms with Crippen molar-refractivity contribution in [3.05, 3.63) is 0 Å². The van der Waals surface area contributed by atoms with E-state index in [9.17, 15) is 0 Å². The molecule has 0 aromatic carbocycles. The molecule has 0 bridgehead atoms. The van der Waals surface area contributed by atoms with Crippen LogP contribution in [0.1, 0.15) is 6.92 Å². The molecule has 0 spiro atoms. The largest absolute Gasteiger partial charge is 0.312 e. The van der Waals surface area contributed by atoms with Gasteiger partial charge in [0, 0.05) is 12.8 Å². The first-order valence-corrected chi connectivity index (χ1v) is 2.48. The molecule has 0 saturated carbocycles. The first-order valence-electron chi connectivity index (χ1n) is 2.48. The van der Waals surface area contributed by atoms with E-state index in [2.05, 4.69) is 11.8 Å². The molecule has 0 aliphatic heterocycles. The normalized spacial score (nSPS) is 9.57. The molecular weight excluding hydrogens is 88.1 g/mol. The number of hydrogen-bond acceptors (Lipinski definition) is 2. The van der Waals surface area contributed by atoms with Gasteiger partial charge in [-0.2, -0.15) is 0 Å². The van der Waals surface area contributed by atoms with Gasteiger partial charge in [0.1, 0.15) is 0 Å². The summed E-state index contributed by atoms with van der Waals surface area (Å²) in [5.74, 6) is 0. The van der Waals surface area contributed by atoms with Gasteiger partial charge < -0.3 is 10.3 Å². The molecule has 0 atom stereocenters. The molecule has 0 rings (SSSR count). The third kappa shape index (κ3) is 3.46. The van der Waals surface area contributed by atoms with Crippen molar-refractivity contribution >= 4 is 6.21 Å². The minimum Gasteiger partial charge on any atom is -0.312 e. The Bertz CT molecular complexity index is 52.0. The van der Waals surface area contributed by atoms with Crippen LogP contribution in [0.3, 0.4) is 0 Å². The minimum atomic E-state index is 0.774. The van der Waals surface area contributed by atoms with Crippen LogP contribution in [0.2, 0.25) is 0 Å². The van der Waals surface area contributed by atoms with Gasteiger partial charge in [-0.05, 0) is 13.6 Å². The maximum absolute atomic E-state index is 6.67. The third-order valence-corrected chi connectivity index (χ3v) is 0.943. The number of rotatable bonds is 3. The zero-order chi connectivity index (χ0) is 5.70. The minimum absolute atomic E-state index is 0.774. The van der Waals surface area contributed by atoms with Gasteiger partial charge in [0.15, 0.2) is 0 Å². The van der Waals surface area contributed by atoms with Crippen molar-refractivity contribution < 1.29 is 0 Å². The molecule has 2 nitrogen and oxygen atoms in total. The van der Waals surface area contributed by atoms with E-state index >= 15 is 0 Å². The highest BCUT2D eigenvalue weighted by Gasteiger charge is 1.84. The van der Waals surface area contributed by atoms with E-state index in [1.807, 2.05) is 7.05 Å². The standard InChI is InChI=1S/C5H12N2/c1-3-7(2)5-4-6/h4,6H,3,5H2,1-2H3. The highest BCUT2D eigenvalue weighted by atomic mass is 15.1. The maximum atomic E-state index is 6.67. The van der Waals surface area contributed by atoms with Gasteiger partial charge in [0.2, 0.25) is 0 Å². The van der Waals surface area contributed by atoms with Crippen LogP contribution in [0.5, 0.6) is 0 Å². The average molecular weight is 100 g/mol. The average Bonchev–Trinajstić information content (AvgIpc) is 1.68. The van der Waals surface area contributed by atoms with Crippen LogP contribution in [-0.4, -0.2) is 31.3 Å². The van der Waals surface area contributed by atoms with E-state index in [0.717, 1.165) is 13.1 Å². The smallest absolute Gasteiger partial charge is 0.0327 e. The van der Waals surface area contributed by atoms with E-state index < -0.39 is 0 Å². The first-order chi connectivity index (χ1) is 3.31. The van der Waals surface area contributed by atoms with Crippen molar-refractivity contribution in [1.82, 2.24) is 4.90 Å². The Labute approximate surface area is 44.6 Å². The molecule has 0 unspecified atom stereocenters. The van der Waals surface area contributed by atoms with Crippen molar-refractivity contribution in [2.24, 2.45) is 0 Å². The fourth-order valence-corrected chi connectivity index (χ4v) is 0.285. The lowest BCUT2D eigenvalue weighted by molar-refractivity contribution is 0.406. The molecule has 0 heterocycles. The van der Waals surface area contributed by atoms with Crippen LogP contribution < -0.4 is 0 Å². The lowest BCUT2D eigenvalue weighted by Crippen LogP contribution is -2.19. The molecule has 42 valence electrons. The number of nitrogens with zero attached hydrogens (tertiary/aromatic N) is 1. The fourth-order valence-electron chi connectivity index (χ4n) is 0.285. The van der Waals surface area contributed by atoms with Crippen molar-refractivity contribution in [2.75, 3.05) is 20.1 Å². The molecule has 0 radical (unpaired) electrons. The quantitative estimate of drug-likeness (QED) is 0.516. The lowest BCUT2D eigenvalue weighted by Gasteiger charge is -2.07. The highest BCUT2D eigenvalue weighted by Crippen LogP contribution is 1.73. The van der Waals surface area contributed by atoms with Crippen LogP contribution in [-0.2, 0) is 0 Å². The van der Waals surface area contributed by atoms with Crippen molar-refractivity contribution in [3.8, 4) is 0 Å². The van der Waals surface area contributed by atoms with E-state index in [0.29, 0.717) is 0 Å². The summed E-state index contributed by atoms with van der Waals surface area (Å²) in [6.07, 6.45) is 1.41. The first kappa shape index (κ1) is 6.63. The van der Waals surface area contributed by atoms with Gasteiger partial charge in [0.25, 0.3) is 0 Å². The van der Waals surface area contributed by atoms with Crippen LogP contribution in [0.15, 0.2) is 0 Å². The molecular formula is C5H12N2. The third-order valence-electron chi connectivity index (χ3n) is 0.943. The second kappa shape index (κ2) is 3.81. The van der Waals surface area contributed by atoms with Crippen LogP contribution in [0.4, 0.5) is 0 Å². The summed E-state index contributed by atoms with van der Waals surface area (Å²) in [6, 6.07) is 0. The molecule has 0 aliphatic carbocycles. The summed E-state index contributed by atoms with van der Waals surface area (Å²) in [5.41, 5.74) is 0. The second-order valence-corrected chi connectivity index (χ2v) is 1.56. The molecule has 7 heavy (non-hydrogen) atoms. The van der Waals surface area contributed by atoms with Gasteiger partial charge in [-0.15, -0.1) is 0 Å². The Morgan fingerprint density at radius 2 is 2.29 bits per heavy atom. The Balaban J connectivity index is 2.98. The van der Waals surface area contributed by atoms with Crippen molar-refractivity contribution in [1.29, 1.82) is 5.41 Å². The second-order valence-electron chi connectivity index (χ2n) is 1.56. The van der Waals surface area contributed by atoms with Gasteiger partial charge >= 0.3 is 0 Å². The summed E-state index contributed by atoms with van der Waals surface area (Å²) in [5, 5.41) is 6.67. The van der Waals surface area contributed by atoms with Crippen LogP contribution in [0, 0.1) is 5.41 Å². The predicted molar refractivity (Wildman–Crippen MR) is 32.0 cm³/mol. The van der Waals surface area contributed by atoms with Gasteiger partial charge in [-0.1, -0.05) is 6.92 Å². The lowest BCUT2D eigenvalue weighted by atomic mass is 10.6. The highest BCUT2D eigenvalue weighted by molar-refractivity contribution is 5.55. The van der Waals surface area contributed by atoms with Crippen LogP contribution >= 0.6 is 0 Å². The Morgan fingerprint density at radius 3 is 2.43 bits per heavy atom. The molecule has 0 aliphatic rings. The summed E-state index contributed by atoms with van der Waals surface area (Å²) in [7, 11) is 1.99. The maximum Gasteiger partial charge on any atom is 0.0327 e. The zero-order valence-corrected chi connectivity index (χ0v) is 4.94. The van der Waals surface area contributed by atoms with Gasteiger partial charge in [-0.25, -0.2) is 0 Å². The van der Waals surface area contributed by atoms with Gasteiger partial charge in [-0.3, -0.25) is 0 Å².